The average Bonchev–Trinajstić information content (AvgIpc) is 2.20. The van der Waals surface area contributed by atoms with Gasteiger partial charge in [0.15, 0.2) is 0 Å². The summed E-state index contributed by atoms with van der Waals surface area (Å²) in [7, 11) is 0. The highest BCUT2D eigenvalue weighted by Crippen LogP contribution is 2.13. The smallest absolute Gasteiger partial charge is 0.251 e. The minimum absolute atomic E-state index is 0.0630. The molecule has 1 unspecified atom stereocenters. The van der Waals surface area contributed by atoms with Crippen molar-refractivity contribution in [2.24, 2.45) is 5.92 Å². The molecule has 1 N–H and O–H groups in total. The van der Waals surface area contributed by atoms with Gasteiger partial charge in [0.25, 0.3) is 6.43 Å². The molecule has 0 saturated carbocycles. The Labute approximate surface area is 97.4 Å². The van der Waals surface area contributed by atoms with E-state index in [0.717, 1.165) is 25.9 Å². The van der Waals surface area contributed by atoms with Crippen molar-refractivity contribution < 1.29 is 8.78 Å². The fraction of sp³-hybridized carbons (Fsp3) is 1.00. The minimum Gasteiger partial charge on any atom is -0.311 e. The fourth-order valence-electron chi connectivity index (χ4n) is 2.04. The highest BCUT2D eigenvalue weighted by molar-refractivity contribution is 4.80. The Morgan fingerprint density at radius 3 is 2.19 bits per heavy atom. The van der Waals surface area contributed by atoms with Gasteiger partial charge >= 0.3 is 0 Å². The topological polar surface area (TPSA) is 15.3 Å². The molecule has 0 aromatic rings. The normalized spacial score (nSPS) is 21.9. The molecule has 0 aromatic heterocycles. The van der Waals surface area contributed by atoms with Gasteiger partial charge in [-0.3, -0.25) is 4.90 Å². The summed E-state index contributed by atoms with van der Waals surface area (Å²) in [6.07, 6.45) is -0.216. The molecular weight excluding hydrogens is 210 g/mol. The van der Waals surface area contributed by atoms with Crippen LogP contribution in [0.4, 0.5) is 8.78 Å². The lowest BCUT2D eigenvalue weighted by Crippen LogP contribution is -2.47. The molecule has 1 rings (SSSR count). The standard InChI is InChI=1S/C12H24F2N2/c1-9(2)10(3)15-11-4-6-16(7-5-11)8-12(13)14/h9-12,15H,4-8H2,1-3H3. The Hall–Kier alpha value is -0.220. The third-order valence-corrected chi connectivity index (χ3v) is 3.48. The zero-order chi connectivity index (χ0) is 12.1. The Bertz CT molecular complexity index is 189. The van der Waals surface area contributed by atoms with Gasteiger partial charge in [0.2, 0.25) is 0 Å². The highest BCUT2D eigenvalue weighted by Gasteiger charge is 2.22. The monoisotopic (exact) mass is 234 g/mol. The number of halogens is 2. The van der Waals surface area contributed by atoms with Gasteiger partial charge in [-0.05, 0) is 38.8 Å². The van der Waals surface area contributed by atoms with Crippen molar-refractivity contribution in [3.63, 3.8) is 0 Å². The van der Waals surface area contributed by atoms with Crippen LogP contribution in [0.25, 0.3) is 0 Å². The van der Waals surface area contributed by atoms with Gasteiger partial charge in [-0.25, -0.2) is 8.78 Å². The summed E-state index contributed by atoms with van der Waals surface area (Å²) in [4.78, 5) is 1.86. The fourth-order valence-corrected chi connectivity index (χ4v) is 2.04. The molecule has 1 heterocycles. The summed E-state index contributed by atoms with van der Waals surface area (Å²) in [5.74, 6) is 0.624. The zero-order valence-electron chi connectivity index (χ0n) is 10.5. The lowest BCUT2D eigenvalue weighted by Gasteiger charge is -2.34. The molecule has 1 aliphatic heterocycles. The van der Waals surface area contributed by atoms with Crippen molar-refractivity contribution in [1.82, 2.24) is 10.2 Å². The molecule has 1 aliphatic rings. The first-order valence-electron chi connectivity index (χ1n) is 6.25. The molecule has 0 radical (unpaired) electrons. The van der Waals surface area contributed by atoms with E-state index in [1.165, 1.54) is 0 Å². The van der Waals surface area contributed by atoms with Gasteiger partial charge in [-0.15, -0.1) is 0 Å². The summed E-state index contributed by atoms with van der Waals surface area (Å²) >= 11 is 0. The number of alkyl halides is 2. The lowest BCUT2D eigenvalue weighted by molar-refractivity contribution is 0.0716. The highest BCUT2D eigenvalue weighted by atomic mass is 19.3. The molecule has 0 amide bonds. The van der Waals surface area contributed by atoms with E-state index in [0.29, 0.717) is 18.0 Å². The van der Waals surface area contributed by atoms with Crippen LogP contribution in [0, 0.1) is 5.92 Å². The number of hydrogen-bond acceptors (Lipinski definition) is 2. The van der Waals surface area contributed by atoms with E-state index in [4.69, 9.17) is 0 Å². The molecule has 2 nitrogen and oxygen atoms in total. The van der Waals surface area contributed by atoms with Gasteiger partial charge in [0.1, 0.15) is 0 Å². The van der Waals surface area contributed by atoms with E-state index in [1.54, 1.807) is 0 Å². The predicted molar refractivity (Wildman–Crippen MR) is 62.9 cm³/mol. The first-order valence-corrected chi connectivity index (χ1v) is 6.25. The van der Waals surface area contributed by atoms with Crippen LogP contribution in [-0.4, -0.2) is 43.0 Å². The minimum atomic E-state index is -2.20. The first kappa shape index (κ1) is 13.8. The third-order valence-electron chi connectivity index (χ3n) is 3.48. The second-order valence-corrected chi connectivity index (χ2v) is 5.17. The molecule has 4 heteroatoms. The van der Waals surface area contributed by atoms with E-state index in [1.807, 2.05) is 4.90 Å². The van der Waals surface area contributed by atoms with Crippen molar-refractivity contribution in [2.75, 3.05) is 19.6 Å². The molecule has 96 valence electrons. The Balaban J connectivity index is 2.21. The van der Waals surface area contributed by atoms with Crippen LogP contribution in [-0.2, 0) is 0 Å². The second kappa shape index (κ2) is 6.50. The molecule has 1 atom stereocenters. The van der Waals surface area contributed by atoms with Gasteiger partial charge in [0.05, 0.1) is 6.54 Å². The maximum Gasteiger partial charge on any atom is 0.251 e. The van der Waals surface area contributed by atoms with E-state index < -0.39 is 6.43 Å². The van der Waals surface area contributed by atoms with E-state index in [-0.39, 0.29) is 6.54 Å². The van der Waals surface area contributed by atoms with Gasteiger partial charge in [-0.1, -0.05) is 13.8 Å². The van der Waals surface area contributed by atoms with Gasteiger partial charge < -0.3 is 5.32 Å². The van der Waals surface area contributed by atoms with Crippen molar-refractivity contribution >= 4 is 0 Å². The summed E-state index contributed by atoms with van der Waals surface area (Å²) in [6, 6.07) is 1.01. The van der Waals surface area contributed by atoms with Gasteiger partial charge in [0, 0.05) is 12.1 Å². The van der Waals surface area contributed by atoms with Crippen molar-refractivity contribution in [2.45, 2.75) is 52.1 Å². The maximum absolute atomic E-state index is 12.2. The molecule has 0 aromatic carbocycles. The predicted octanol–water partition coefficient (Wildman–Crippen LogP) is 2.35. The van der Waals surface area contributed by atoms with E-state index >= 15 is 0 Å². The summed E-state index contributed by atoms with van der Waals surface area (Å²) < 4.78 is 24.4. The van der Waals surface area contributed by atoms with Crippen LogP contribution in [0.2, 0.25) is 0 Å². The second-order valence-electron chi connectivity index (χ2n) is 5.17. The number of likely N-dealkylation sites (tertiary alicyclic amines) is 1. The van der Waals surface area contributed by atoms with Crippen LogP contribution < -0.4 is 5.32 Å². The molecule has 0 bridgehead atoms. The van der Waals surface area contributed by atoms with Gasteiger partial charge in [-0.2, -0.15) is 0 Å². The van der Waals surface area contributed by atoms with E-state index in [9.17, 15) is 8.78 Å². The zero-order valence-corrected chi connectivity index (χ0v) is 10.5. The largest absolute Gasteiger partial charge is 0.311 e. The van der Waals surface area contributed by atoms with Crippen LogP contribution in [0.1, 0.15) is 33.6 Å². The lowest BCUT2D eigenvalue weighted by atomic mass is 10.0. The molecule has 0 spiro atoms. The maximum atomic E-state index is 12.2. The molecule has 1 saturated heterocycles. The number of nitrogens with one attached hydrogen (secondary N) is 1. The third kappa shape index (κ3) is 4.74. The molecular formula is C12H24F2N2. The van der Waals surface area contributed by atoms with Crippen LogP contribution in [0.5, 0.6) is 0 Å². The van der Waals surface area contributed by atoms with Crippen LogP contribution >= 0.6 is 0 Å². The molecule has 16 heavy (non-hydrogen) atoms. The van der Waals surface area contributed by atoms with Crippen molar-refractivity contribution in [3.8, 4) is 0 Å². The average molecular weight is 234 g/mol. The molecule has 0 aliphatic carbocycles. The van der Waals surface area contributed by atoms with Crippen LogP contribution in [0.3, 0.4) is 0 Å². The first-order chi connectivity index (χ1) is 7.49. The Morgan fingerprint density at radius 2 is 1.75 bits per heavy atom. The summed E-state index contributed by atoms with van der Waals surface area (Å²) in [5.41, 5.74) is 0. The quantitative estimate of drug-likeness (QED) is 0.785. The SMILES string of the molecule is CC(C)C(C)NC1CCN(CC(F)F)CC1. The van der Waals surface area contributed by atoms with Crippen LogP contribution in [0.15, 0.2) is 0 Å². The summed E-state index contributed by atoms with van der Waals surface area (Å²) in [5, 5.41) is 3.58. The number of nitrogens with zero attached hydrogens (tertiary/aromatic N) is 1. The Kier molecular flexibility index (Phi) is 5.62. The Morgan fingerprint density at radius 1 is 1.19 bits per heavy atom. The van der Waals surface area contributed by atoms with Crippen molar-refractivity contribution in [3.05, 3.63) is 0 Å². The summed E-state index contributed by atoms with van der Waals surface area (Å²) in [6.45, 7) is 8.12. The molecule has 1 fully saturated rings. The number of hydrogen-bond donors (Lipinski definition) is 1. The number of piperidine rings is 1. The number of rotatable bonds is 5. The van der Waals surface area contributed by atoms with E-state index in [2.05, 4.69) is 26.1 Å². The van der Waals surface area contributed by atoms with Crippen molar-refractivity contribution in [1.29, 1.82) is 0 Å².